The van der Waals surface area contributed by atoms with Crippen molar-refractivity contribution in [2.24, 2.45) is 0 Å². The van der Waals surface area contributed by atoms with Crippen LogP contribution in [0.3, 0.4) is 0 Å². The van der Waals surface area contributed by atoms with Crippen molar-refractivity contribution >= 4 is 15.2 Å². The van der Waals surface area contributed by atoms with Crippen LogP contribution < -0.4 is 12.4 Å². The van der Waals surface area contributed by atoms with E-state index in [1.807, 2.05) is 0 Å². The molecule has 8 heavy (non-hydrogen) atoms. The molecular formula is C6H14AlCl. The Labute approximate surface area is 65.2 Å². The molecule has 0 atom stereocenters. The van der Waals surface area contributed by atoms with Gasteiger partial charge in [0.05, 0.1) is 0 Å². The first kappa shape index (κ1) is 11.6. The van der Waals surface area contributed by atoms with E-state index in [1.54, 1.807) is 0 Å². The van der Waals surface area contributed by atoms with Crippen molar-refractivity contribution in [1.82, 2.24) is 0 Å². The van der Waals surface area contributed by atoms with Crippen molar-refractivity contribution in [3.63, 3.8) is 0 Å². The fraction of sp³-hybridized carbons (Fsp3) is 1.00. The number of unbranched alkanes of at least 4 members (excludes halogenated alkanes) is 1. The minimum absolute atomic E-state index is 0. The van der Waals surface area contributed by atoms with Crippen LogP contribution in [0.15, 0.2) is 0 Å². The summed E-state index contributed by atoms with van der Waals surface area (Å²) in [6, 6.07) is 0. The van der Waals surface area contributed by atoms with Gasteiger partial charge in [0.2, 0.25) is 0 Å². The van der Waals surface area contributed by atoms with Crippen molar-refractivity contribution in [2.75, 3.05) is 0 Å². The molecule has 0 aliphatic heterocycles. The standard InChI is InChI=1S/C4H9.C2H5.Al.ClH/c1-3-4-2;1-2;;/h1,3-4H2,2H3;1H2,2H3;;1H/q;;+1;/p-1. The Kier molecular flexibility index (Phi) is 15.6. The average Bonchev–Trinajstić information content (AvgIpc) is 1.69. The van der Waals surface area contributed by atoms with Gasteiger partial charge < -0.3 is 12.4 Å². The molecule has 0 fully saturated rings. The predicted octanol–water partition coefficient (Wildman–Crippen LogP) is -0.649. The van der Waals surface area contributed by atoms with Gasteiger partial charge in [0, 0.05) is 0 Å². The van der Waals surface area contributed by atoms with E-state index in [9.17, 15) is 0 Å². The second kappa shape index (κ2) is 10.7. The van der Waals surface area contributed by atoms with E-state index in [0.29, 0.717) is 0 Å². The third kappa shape index (κ3) is 9.95. The molecule has 0 nitrogen and oxygen atoms in total. The molecule has 0 rings (SSSR count). The average molecular weight is 149 g/mol. The van der Waals surface area contributed by atoms with Gasteiger partial charge in [-0.15, -0.1) is 0 Å². The summed E-state index contributed by atoms with van der Waals surface area (Å²) in [5.74, 6) is 0. The van der Waals surface area contributed by atoms with Crippen molar-refractivity contribution in [3.05, 3.63) is 0 Å². The van der Waals surface area contributed by atoms with Crippen LogP contribution in [0.4, 0.5) is 0 Å². The quantitative estimate of drug-likeness (QED) is 0.367. The molecular weight excluding hydrogens is 135 g/mol. The Balaban J connectivity index is 0. The molecule has 0 amide bonds. The summed E-state index contributed by atoms with van der Waals surface area (Å²) in [5, 5.41) is 2.97. The molecule has 0 bridgehead atoms. The summed E-state index contributed by atoms with van der Waals surface area (Å²) >= 11 is 0.816. The molecule has 2 heteroatoms. The van der Waals surface area contributed by atoms with E-state index in [4.69, 9.17) is 0 Å². The number of rotatable bonds is 4. The third-order valence-electron chi connectivity index (χ3n) is 1.05. The van der Waals surface area contributed by atoms with Crippen LogP contribution >= 0.6 is 0 Å². The zero-order chi connectivity index (χ0) is 5.54. The van der Waals surface area contributed by atoms with Gasteiger partial charge in [0.1, 0.15) is 0 Å². The normalized spacial score (nSPS) is 7.25. The minimum atomic E-state index is 0. The van der Waals surface area contributed by atoms with Crippen molar-refractivity contribution in [3.8, 4) is 0 Å². The second-order valence-electron chi connectivity index (χ2n) is 1.84. The van der Waals surface area contributed by atoms with Crippen LogP contribution in [0, 0.1) is 0 Å². The van der Waals surface area contributed by atoms with E-state index in [-0.39, 0.29) is 12.4 Å². The van der Waals surface area contributed by atoms with Crippen LogP contribution in [0.2, 0.25) is 10.6 Å². The summed E-state index contributed by atoms with van der Waals surface area (Å²) in [5.41, 5.74) is 0. The molecule has 0 unspecified atom stereocenters. The maximum atomic E-state index is 2.28. The molecule has 0 spiro atoms. The zero-order valence-corrected chi connectivity index (χ0v) is 7.69. The molecule has 0 aromatic heterocycles. The first-order valence-electron chi connectivity index (χ1n) is 3.23. The Bertz CT molecular complexity index is 27.7. The fourth-order valence-corrected chi connectivity index (χ4v) is 1.66. The number of hydrogen-bond acceptors (Lipinski definition) is 0. The van der Waals surface area contributed by atoms with Gasteiger partial charge in [-0.3, -0.25) is 0 Å². The van der Waals surface area contributed by atoms with Crippen molar-refractivity contribution in [2.45, 2.75) is 37.3 Å². The fourth-order valence-electron chi connectivity index (χ4n) is 0.553. The van der Waals surface area contributed by atoms with Crippen LogP contribution in [-0.4, -0.2) is 15.2 Å². The Hall–Kier alpha value is 0.822. The Morgan fingerprint density at radius 3 is 2.25 bits per heavy atom. The maximum Gasteiger partial charge on any atom is -1.00 e. The van der Waals surface area contributed by atoms with Crippen LogP contribution in [-0.2, 0) is 0 Å². The SMILES string of the molecule is CCC[CH2][Al+][CH2]C.[Cl-]. The molecule has 0 N–H and O–H groups in total. The Morgan fingerprint density at radius 1 is 1.25 bits per heavy atom. The van der Waals surface area contributed by atoms with E-state index in [0.717, 1.165) is 15.2 Å². The van der Waals surface area contributed by atoms with E-state index >= 15 is 0 Å². The molecule has 0 saturated heterocycles. The monoisotopic (exact) mass is 148 g/mol. The van der Waals surface area contributed by atoms with Crippen molar-refractivity contribution < 1.29 is 12.4 Å². The number of hydrogen-bond donors (Lipinski definition) is 0. The first-order chi connectivity index (χ1) is 3.41. The van der Waals surface area contributed by atoms with E-state index in [2.05, 4.69) is 13.8 Å². The van der Waals surface area contributed by atoms with Gasteiger partial charge >= 0.3 is 52.5 Å². The molecule has 0 saturated carbocycles. The van der Waals surface area contributed by atoms with Gasteiger partial charge in [-0.05, 0) is 0 Å². The third-order valence-corrected chi connectivity index (χ3v) is 2.44. The molecule has 0 aliphatic rings. The molecule has 0 aromatic carbocycles. The summed E-state index contributed by atoms with van der Waals surface area (Å²) < 4.78 is 0. The van der Waals surface area contributed by atoms with Gasteiger partial charge in [-0.25, -0.2) is 0 Å². The second-order valence-corrected chi connectivity index (χ2v) is 3.81. The van der Waals surface area contributed by atoms with E-state index < -0.39 is 0 Å². The topological polar surface area (TPSA) is 0 Å². The van der Waals surface area contributed by atoms with E-state index in [1.165, 1.54) is 23.4 Å². The van der Waals surface area contributed by atoms with Gasteiger partial charge in [-0.1, -0.05) is 0 Å². The van der Waals surface area contributed by atoms with Gasteiger partial charge in [0.15, 0.2) is 0 Å². The molecule has 0 heterocycles. The largest absolute Gasteiger partial charge is 1.00 e. The summed E-state index contributed by atoms with van der Waals surface area (Å²) in [6.07, 6.45) is 2.84. The molecule has 48 valence electrons. The van der Waals surface area contributed by atoms with Crippen LogP contribution in [0.1, 0.15) is 26.7 Å². The van der Waals surface area contributed by atoms with Gasteiger partial charge in [-0.2, -0.15) is 0 Å². The Morgan fingerprint density at radius 2 is 1.88 bits per heavy atom. The van der Waals surface area contributed by atoms with Gasteiger partial charge in [0.25, 0.3) is 0 Å². The molecule has 0 radical (unpaired) electrons. The van der Waals surface area contributed by atoms with Crippen LogP contribution in [0.25, 0.3) is 0 Å². The summed E-state index contributed by atoms with van der Waals surface area (Å²) in [6.45, 7) is 4.54. The predicted molar refractivity (Wildman–Crippen MR) is 35.9 cm³/mol. The maximum absolute atomic E-state index is 2.28. The number of halogens is 1. The molecule has 0 aliphatic carbocycles. The zero-order valence-electron chi connectivity index (χ0n) is 5.78. The molecule has 0 aromatic rings. The van der Waals surface area contributed by atoms with Crippen LogP contribution in [0.5, 0.6) is 0 Å². The minimum Gasteiger partial charge on any atom is -1.00 e. The summed E-state index contributed by atoms with van der Waals surface area (Å²) in [7, 11) is 0. The smallest absolute Gasteiger partial charge is 1.00 e. The van der Waals surface area contributed by atoms with Crippen molar-refractivity contribution in [1.29, 1.82) is 0 Å². The summed E-state index contributed by atoms with van der Waals surface area (Å²) in [4.78, 5) is 0. The first-order valence-corrected chi connectivity index (χ1v) is 4.86.